The topological polar surface area (TPSA) is 91.1 Å². The highest BCUT2D eigenvalue weighted by molar-refractivity contribution is 6.44. The Morgan fingerprint density at radius 1 is 1.17 bits per heavy atom. The van der Waals surface area contributed by atoms with Gasteiger partial charge in [0.25, 0.3) is 11.8 Å². The maximum atomic E-state index is 12.1. The number of fused-ring (bicyclic) bond motifs is 1. The maximum absolute atomic E-state index is 12.1. The summed E-state index contributed by atoms with van der Waals surface area (Å²) in [5, 5.41) is 8.72. The average Bonchev–Trinajstić information content (AvgIpc) is 2.62. The fourth-order valence-corrected chi connectivity index (χ4v) is 2.65. The van der Waals surface area contributed by atoms with E-state index in [9.17, 15) is 9.59 Å². The van der Waals surface area contributed by atoms with Crippen LogP contribution < -0.4 is 5.48 Å². The summed E-state index contributed by atoms with van der Waals surface area (Å²) in [6.45, 7) is 0. The van der Waals surface area contributed by atoms with Gasteiger partial charge in [-0.15, -0.1) is 0 Å². The number of nitrogens with zero attached hydrogens (tertiary/aromatic N) is 2. The summed E-state index contributed by atoms with van der Waals surface area (Å²) < 4.78 is 0. The molecule has 1 heterocycles. The van der Waals surface area contributed by atoms with Crippen molar-refractivity contribution in [1.29, 1.82) is 0 Å². The summed E-state index contributed by atoms with van der Waals surface area (Å²) >= 11 is 0. The van der Waals surface area contributed by atoms with Crippen molar-refractivity contribution in [2.75, 3.05) is 0 Å². The van der Waals surface area contributed by atoms with Crippen molar-refractivity contribution in [3.63, 3.8) is 0 Å². The Morgan fingerprint density at radius 2 is 1.96 bits per heavy atom. The molecule has 1 unspecified atom stereocenters. The molecule has 2 N–H and O–H groups in total. The Labute approximate surface area is 139 Å². The number of aryl methyl sites for hydroxylation is 1. The van der Waals surface area contributed by atoms with Gasteiger partial charge in [-0.25, -0.2) is 15.5 Å². The van der Waals surface area contributed by atoms with Crippen LogP contribution in [-0.4, -0.2) is 28.4 Å². The van der Waals surface area contributed by atoms with Gasteiger partial charge in [0.2, 0.25) is 0 Å². The van der Waals surface area contributed by atoms with Crippen LogP contribution in [0, 0.1) is 5.92 Å². The molecule has 3 rings (SSSR count). The summed E-state index contributed by atoms with van der Waals surface area (Å²) in [6, 6.07) is 10.0. The molecule has 1 aliphatic heterocycles. The van der Waals surface area contributed by atoms with E-state index in [1.807, 2.05) is 30.3 Å². The number of amides is 2. The van der Waals surface area contributed by atoms with Crippen LogP contribution in [0.1, 0.15) is 18.4 Å². The van der Waals surface area contributed by atoms with Crippen molar-refractivity contribution in [2.24, 2.45) is 15.9 Å². The predicted octanol–water partition coefficient (Wildman–Crippen LogP) is 2.01. The van der Waals surface area contributed by atoms with E-state index >= 15 is 0 Å². The van der Waals surface area contributed by atoms with Gasteiger partial charge in [0.15, 0.2) is 0 Å². The van der Waals surface area contributed by atoms with E-state index in [2.05, 4.69) is 9.98 Å². The van der Waals surface area contributed by atoms with Crippen LogP contribution in [-0.2, 0) is 16.0 Å². The number of carbonyl (C=O) groups is 2. The molecule has 0 fully saturated rings. The Balaban J connectivity index is 1.68. The van der Waals surface area contributed by atoms with Crippen molar-refractivity contribution < 1.29 is 14.8 Å². The van der Waals surface area contributed by atoms with Crippen LogP contribution in [0.2, 0.25) is 0 Å². The number of rotatable bonds is 5. The van der Waals surface area contributed by atoms with Gasteiger partial charge in [-0.05, 0) is 37.0 Å². The third kappa shape index (κ3) is 3.55. The lowest BCUT2D eigenvalue weighted by Gasteiger charge is -2.17. The van der Waals surface area contributed by atoms with Crippen LogP contribution in [0.5, 0.6) is 0 Å². The minimum Gasteiger partial charge on any atom is -0.289 e. The first kappa shape index (κ1) is 16.0. The van der Waals surface area contributed by atoms with Gasteiger partial charge in [-0.2, -0.15) is 0 Å². The molecular formula is C18H17N3O3. The molecule has 2 aliphatic rings. The van der Waals surface area contributed by atoms with Gasteiger partial charge in [0.05, 0.1) is 17.3 Å². The van der Waals surface area contributed by atoms with Crippen molar-refractivity contribution >= 4 is 23.2 Å². The Bertz CT molecular complexity index is 776. The number of nitrogens with one attached hydrogen (secondary N) is 1. The maximum Gasteiger partial charge on any atom is 0.291 e. The number of benzene rings is 1. The van der Waals surface area contributed by atoms with Crippen LogP contribution in [0.4, 0.5) is 0 Å². The van der Waals surface area contributed by atoms with Gasteiger partial charge in [0, 0.05) is 0 Å². The van der Waals surface area contributed by atoms with E-state index in [0.29, 0.717) is 23.5 Å². The van der Waals surface area contributed by atoms with Crippen molar-refractivity contribution in [2.45, 2.75) is 19.3 Å². The normalized spacial score (nSPS) is 19.1. The fraction of sp³-hybridized carbons (Fsp3) is 0.222. The monoisotopic (exact) mass is 323 g/mol. The molecular weight excluding hydrogens is 306 g/mol. The van der Waals surface area contributed by atoms with Gasteiger partial charge < -0.3 is 0 Å². The molecule has 0 radical (unpaired) electrons. The van der Waals surface area contributed by atoms with E-state index in [-0.39, 0.29) is 5.91 Å². The first-order valence-corrected chi connectivity index (χ1v) is 7.76. The highest BCUT2D eigenvalue weighted by atomic mass is 16.5. The van der Waals surface area contributed by atoms with E-state index in [4.69, 9.17) is 5.21 Å². The van der Waals surface area contributed by atoms with E-state index < -0.39 is 11.8 Å². The molecule has 0 bridgehead atoms. The lowest BCUT2D eigenvalue weighted by atomic mass is 9.97. The summed E-state index contributed by atoms with van der Waals surface area (Å²) in [5.74, 6) is -1.49. The molecule has 1 aromatic carbocycles. The van der Waals surface area contributed by atoms with Crippen LogP contribution in [0.15, 0.2) is 64.2 Å². The van der Waals surface area contributed by atoms with Crippen LogP contribution in [0.3, 0.4) is 0 Å². The number of hydroxylamine groups is 1. The Morgan fingerprint density at radius 3 is 2.71 bits per heavy atom. The van der Waals surface area contributed by atoms with Gasteiger partial charge in [-0.3, -0.25) is 14.8 Å². The Kier molecular flexibility index (Phi) is 4.77. The molecule has 0 saturated heterocycles. The van der Waals surface area contributed by atoms with Gasteiger partial charge in [0.1, 0.15) is 5.71 Å². The summed E-state index contributed by atoms with van der Waals surface area (Å²) in [5.41, 5.74) is 4.18. The van der Waals surface area contributed by atoms with Crippen molar-refractivity contribution in [1.82, 2.24) is 5.48 Å². The molecule has 0 saturated carbocycles. The third-order valence-corrected chi connectivity index (χ3v) is 3.92. The largest absolute Gasteiger partial charge is 0.291 e. The second-order valence-corrected chi connectivity index (χ2v) is 5.61. The predicted molar refractivity (Wildman–Crippen MR) is 89.9 cm³/mol. The zero-order valence-corrected chi connectivity index (χ0v) is 13.0. The summed E-state index contributed by atoms with van der Waals surface area (Å²) in [6.07, 6.45) is 6.92. The first-order valence-electron chi connectivity index (χ1n) is 7.76. The number of hydrogen-bond donors (Lipinski definition) is 2. The van der Waals surface area contributed by atoms with Crippen molar-refractivity contribution in [3.8, 4) is 0 Å². The minimum atomic E-state index is -0.619. The van der Waals surface area contributed by atoms with E-state index in [1.54, 1.807) is 23.7 Å². The van der Waals surface area contributed by atoms with E-state index in [0.717, 1.165) is 12.8 Å². The number of aliphatic imine (C=N–C) groups is 2. The molecule has 6 heteroatoms. The summed E-state index contributed by atoms with van der Waals surface area (Å²) in [7, 11) is 0. The smallest absolute Gasteiger partial charge is 0.289 e. The second kappa shape index (κ2) is 7.14. The zero-order valence-electron chi connectivity index (χ0n) is 13.0. The van der Waals surface area contributed by atoms with Crippen molar-refractivity contribution in [3.05, 3.63) is 59.8 Å². The third-order valence-electron chi connectivity index (χ3n) is 3.92. The van der Waals surface area contributed by atoms with Crippen LogP contribution in [0.25, 0.3) is 0 Å². The fourth-order valence-electron chi connectivity index (χ4n) is 2.65. The second-order valence-electron chi connectivity index (χ2n) is 5.61. The zero-order chi connectivity index (χ0) is 16.9. The number of hydrogen-bond acceptors (Lipinski definition) is 4. The molecule has 2 amide bonds. The minimum absolute atomic E-state index is 0.329. The highest BCUT2D eigenvalue weighted by Gasteiger charge is 2.25. The molecule has 1 atom stereocenters. The molecule has 1 aromatic rings. The molecule has 24 heavy (non-hydrogen) atoms. The lowest BCUT2D eigenvalue weighted by Crippen LogP contribution is -2.29. The molecule has 0 spiro atoms. The van der Waals surface area contributed by atoms with E-state index in [1.165, 1.54) is 5.56 Å². The standard InChI is InChI=1S/C18H17N3O3/c22-17(21-24)13-9-10-14-16(11-13)19-15(18(23)20-14)8-4-7-12-5-2-1-3-6-12/h1-3,5-6,9-11,13,24H,4,7-8H2,(H,21,22). The number of allylic oxidation sites excluding steroid dienone is 1. The van der Waals surface area contributed by atoms with Gasteiger partial charge >= 0.3 is 0 Å². The molecule has 1 aliphatic carbocycles. The SMILES string of the molecule is O=C1N=C2C=CC(C(=O)NO)C=C2N=C1CCCc1ccccc1. The number of carbonyl (C=O) groups excluding carboxylic acids is 2. The van der Waals surface area contributed by atoms with Gasteiger partial charge in [-0.1, -0.05) is 36.4 Å². The molecule has 6 nitrogen and oxygen atoms in total. The Hall–Kier alpha value is -2.86. The first-order chi connectivity index (χ1) is 11.7. The van der Waals surface area contributed by atoms with Crippen LogP contribution >= 0.6 is 0 Å². The highest BCUT2D eigenvalue weighted by Crippen LogP contribution is 2.21. The molecule has 0 aromatic heterocycles. The molecule has 122 valence electrons. The summed E-state index contributed by atoms with van der Waals surface area (Å²) in [4.78, 5) is 32.0. The quantitative estimate of drug-likeness (QED) is 0.641. The lowest BCUT2D eigenvalue weighted by molar-refractivity contribution is -0.130. The average molecular weight is 323 g/mol.